The van der Waals surface area contributed by atoms with Gasteiger partial charge in [-0.15, -0.1) is 0 Å². The zero-order chi connectivity index (χ0) is 14.2. The van der Waals surface area contributed by atoms with Gasteiger partial charge in [-0.3, -0.25) is 4.99 Å². The molecule has 1 heterocycles. The minimum absolute atomic E-state index is 0.138. The number of rotatable bonds is 5. The number of hydrogen-bond acceptors (Lipinski definition) is 3. The van der Waals surface area contributed by atoms with Gasteiger partial charge in [0.25, 0.3) is 0 Å². The van der Waals surface area contributed by atoms with E-state index in [4.69, 9.17) is 4.74 Å². The number of nitrogens with zero attached hydrogens (tertiary/aromatic N) is 1. The van der Waals surface area contributed by atoms with Gasteiger partial charge in [0.15, 0.2) is 5.96 Å². The summed E-state index contributed by atoms with van der Waals surface area (Å²) in [6, 6.07) is 0. The predicted octanol–water partition coefficient (Wildman–Crippen LogP) is 1.13. The van der Waals surface area contributed by atoms with E-state index in [1.807, 2.05) is 0 Å². The van der Waals surface area contributed by atoms with E-state index in [0.717, 1.165) is 70.9 Å². The van der Waals surface area contributed by atoms with Crippen molar-refractivity contribution in [2.24, 2.45) is 16.8 Å². The van der Waals surface area contributed by atoms with Crippen LogP contribution in [0.3, 0.4) is 0 Å². The van der Waals surface area contributed by atoms with Crippen LogP contribution in [0.5, 0.6) is 0 Å². The van der Waals surface area contributed by atoms with E-state index in [-0.39, 0.29) is 6.10 Å². The molecule has 5 heteroatoms. The van der Waals surface area contributed by atoms with E-state index in [1.165, 1.54) is 0 Å². The monoisotopic (exact) mass is 283 g/mol. The van der Waals surface area contributed by atoms with Crippen molar-refractivity contribution in [3.8, 4) is 0 Å². The number of nitrogens with one attached hydrogen (secondary N) is 2. The van der Waals surface area contributed by atoms with E-state index in [2.05, 4.69) is 22.5 Å². The van der Waals surface area contributed by atoms with Gasteiger partial charge in [0.1, 0.15) is 0 Å². The molecule has 5 nitrogen and oxygen atoms in total. The summed E-state index contributed by atoms with van der Waals surface area (Å²) in [6.07, 6.45) is 5.30. The molecular weight excluding hydrogens is 254 g/mol. The number of aliphatic hydroxyl groups is 1. The van der Waals surface area contributed by atoms with Crippen LogP contribution in [-0.2, 0) is 4.74 Å². The topological polar surface area (TPSA) is 65.9 Å². The van der Waals surface area contributed by atoms with Gasteiger partial charge in [-0.2, -0.15) is 0 Å². The van der Waals surface area contributed by atoms with E-state index >= 15 is 0 Å². The number of guanidine groups is 1. The summed E-state index contributed by atoms with van der Waals surface area (Å²) in [4.78, 5) is 4.68. The molecule has 1 aliphatic carbocycles. The van der Waals surface area contributed by atoms with Crippen LogP contribution >= 0.6 is 0 Å². The zero-order valence-corrected chi connectivity index (χ0v) is 12.6. The predicted molar refractivity (Wildman–Crippen MR) is 80.9 cm³/mol. The van der Waals surface area contributed by atoms with Crippen LogP contribution in [0.4, 0.5) is 0 Å². The molecule has 3 N–H and O–H groups in total. The highest BCUT2D eigenvalue weighted by Gasteiger charge is 2.25. The van der Waals surface area contributed by atoms with Crippen LogP contribution in [0, 0.1) is 11.8 Å². The molecule has 0 bridgehead atoms. The Kier molecular flexibility index (Phi) is 6.60. The van der Waals surface area contributed by atoms with Gasteiger partial charge in [-0.25, -0.2) is 0 Å². The molecule has 116 valence electrons. The quantitative estimate of drug-likeness (QED) is 0.523. The van der Waals surface area contributed by atoms with E-state index < -0.39 is 0 Å². The molecule has 0 spiro atoms. The van der Waals surface area contributed by atoms with Crippen LogP contribution in [-0.4, -0.2) is 50.0 Å². The second-order valence-corrected chi connectivity index (χ2v) is 5.91. The molecule has 1 saturated carbocycles. The van der Waals surface area contributed by atoms with Gasteiger partial charge in [-0.05, 0) is 38.5 Å². The van der Waals surface area contributed by atoms with Crippen molar-refractivity contribution in [1.29, 1.82) is 0 Å². The van der Waals surface area contributed by atoms with Crippen LogP contribution in [0.2, 0.25) is 0 Å². The molecule has 2 atom stereocenters. The summed E-state index contributed by atoms with van der Waals surface area (Å²) in [7, 11) is 0. The van der Waals surface area contributed by atoms with Crippen molar-refractivity contribution in [1.82, 2.24) is 10.6 Å². The van der Waals surface area contributed by atoms with Crippen LogP contribution in [0.1, 0.15) is 39.0 Å². The third-order valence-electron chi connectivity index (χ3n) is 4.34. The Morgan fingerprint density at radius 2 is 2.00 bits per heavy atom. The van der Waals surface area contributed by atoms with Crippen molar-refractivity contribution >= 4 is 5.96 Å². The summed E-state index contributed by atoms with van der Waals surface area (Å²) >= 11 is 0. The molecule has 0 radical (unpaired) electrons. The van der Waals surface area contributed by atoms with Crippen molar-refractivity contribution < 1.29 is 9.84 Å². The molecule has 1 saturated heterocycles. The lowest BCUT2D eigenvalue weighted by atomic mass is 10.0. The normalized spacial score (nSPS) is 28.6. The molecule has 1 aliphatic heterocycles. The van der Waals surface area contributed by atoms with E-state index in [0.29, 0.717) is 11.8 Å². The van der Waals surface area contributed by atoms with Gasteiger partial charge >= 0.3 is 0 Å². The second-order valence-electron chi connectivity index (χ2n) is 5.91. The third kappa shape index (κ3) is 4.94. The fourth-order valence-corrected chi connectivity index (χ4v) is 2.97. The molecule has 0 aromatic rings. The molecule has 0 aromatic carbocycles. The minimum atomic E-state index is -0.138. The summed E-state index contributed by atoms with van der Waals surface area (Å²) in [6.45, 7) is 6.38. The summed E-state index contributed by atoms with van der Waals surface area (Å²) < 4.78 is 5.37. The van der Waals surface area contributed by atoms with Crippen LogP contribution in [0.25, 0.3) is 0 Å². The lowest BCUT2D eigenvalue weighted by molar-refractivity contribution is 0.0689. The van der Waals surface area contributed by atoms with Gasteiger partial charge < -0.3 is 20.5 Å². The SMILES string of the molecule is CCNC(=NCC1CCOCC1)NCC1CCCC1O. The number of hydrogen-bond donors (Lipinski definition) is 3. The van der Waals surface area contributed by atoms with Crippen molar-refractivity contribution in [3.05, 3.63) is 0 Å². The Labute approximate surface area is 122 Å². The highest BCUT2D eigenvalue weighted by Crippen LogP contribution is 2.24. The Hall–Kier alpha value is -0.810. The highest BCUT2D eigenvalue weighted by molar-refractivity contribution is 5.79. The Morgan fingerprint density at radius 3 is 2.65 bits per heavy atom. The Morgan fingerprint density at radius 1 is 1.20 bits per heavy atom. The van der Waals surface area contributed by atoms with Crippen molar-refractivity contribution in [2.45, 2.75) is 45.1 Å². The lowest BCUT2D eigenvalue weighted by Gasteiger charge is -2.21. The standard InChI is InChI=1S/C15H29N3O2/c1-2-16-15(17-10-12-6-8-20-9-7-12)18-11-13-4-3-5-14(13)19/h12-14,19H,2-11H2,1H3,(H2,16,17,18). The third-order valence-corrected chi connectivity index (χ3v) is 4.34. The molecule has 2 fully saturated rings. The first-order valence-corrected chi connectivity index (χ1v) is 8.07. The number of ether oxygens (including phenoxy) is 1. The van der Waals surface area contributed by atoms with Gasteiger partial charge in [-0.1, -0.05) is 6.42 Å². The van der Waals surface area contributed by atoms with E-state index in [1.54, 1.807) is 0 Å². The van der Waals surface area contributed by atoms with Crippen LogP contribution in [0.15, 0.2) is 4.99 Å². The number of aliphatic hydroxyl groups excluding tert-OH is 1. The molecule has 0 amide bonds. The molecule has 20 heavy (non-hydrogen) atoms. The maximum absolute atomic E-state index is 9.85. The lowest BCUT2D eigenvalue weighted by Crippen LogP contribution is -2.41. The largest absolute Gasteiger partial charge is 0.393 e. The highest BCUT2D eigenvalue weighted by atomic mass is 16.5. The molecular formula is C15H29N3O2. The summed E-state index contributed by atoms with van der Waals surface area (Å²) in [5.74, 6) is 1.91. The van der Waals surface area contributed by atoms with Gasteiger partial charge in [0.2, 0.25) is 0 Å². The maximum atomic E-state index is 9.85. The van der Waals surface area contributed by atoms with Gasteiger partial charge in [0, 0.05) is 38.8 Å². The van der Waals surface area contributed by atoms with Crippen LogP contribution < -0.4 is 10.6 Å². The maximum Gasteiger partial charge on any atom is 0.191 e. The number of aliphatic imine (C=N–C) groups is 1. The minimum Gasteiger partial charge on any atom is -0.393 e. The first-order valence-electron chi connectivity index (χ1n) is 8.07. The molecule has 2 aliphatic rings. The van der Waals surface area contributed by atoms with Gasteiger partial charge in [0.05, 0.1) is 6.10 Å². The molecule has 2 unspecified atom stereocenters. The molecule has 0 aromatic heterocycles. The fourth-order valence-electron chi connectivity index (χ4n) is 2.97. The average Bonchev–Trinajstić information content (AvgIpc) is 2.88. The van der Waals surface area contributed by atoms with E-state index in [9.17, 15) is 5.11 Å². The zero-order valence-electron chi connectivity index (χ0n) is 12.6. The summed E-state index contributed by atoms with van der Waals surface area (Å²) in [5.41, 5.74) is 0. The molecule has 2 rings (SSSR count). The second kappa shape index (κ2) is 8.47. The Balaban J connectivity index is 1.76. The summed E-state index contributed by atoms with van der Waals surface area (Å²) in [5, 5.41) is 16.5. The van der Waals surface area contributed by atoms with Crippen molar-refractivity contribution in [2.75, 3.05) is 32.8 Å². The first-order chi connectivity index (χ1) is 9.79. The smallest absolute Gasteiger partial charge is 0.191 e. The Bertz CT molecular complexity index is 303. The first kappa shape index (κ1) is 15.6. The average molecular weight is 283 g/mol. The fraction of sp³-hybridized carbons (Fsp3) is 0.933. The van der Waals surface area contributed by atoms with Crippen molar-refractivity contribution in [3.63, 3.8) is 0 Å².